The number of sulfonamides is 1. The van der Waals surface area contributed by atoms with Gasteiger partial charge in [-0.3, -0.25) is 14.9 Å². The number of carbonyl (C=O) groups is 2. The lowest BCUT2D eigenvalue weighted by atomic mass is 10.2. The first kappa shape index (κ1) is 24.1. The second-order valence-corrected chi connectivity index (χ2v) is 8.93. The van der Waals surface area contributed by atoms with Crippen LogP contribution in [-0.4, -0.2) is 56.3 Å². The minimum atomic E-state index is -3.89. The van der Waals surface area contributed by atoms with Crippen molar-refractivity contribution < 1.29 is 36.8 Å². The van der Waals surface area contributed by atoms with E-state index < -0.39 is 44.9 Å². The molecular weight excluding hydrogens is 461 g/mol. The van der Waals surface area contributed by atoms with Gasteiger partial charge in [0.15, 0.2) is 6.61 Å². The summed E-state index contributed by atoms with van der Waals surface area (Å²) in [5, 5.41) is 13.0. The van der Waals surface area contributed by atoms with Crippen molar-refractivity contribution in [1.29, 1.82) is 0 Å². The molecule has 0 radical (unpaired) electrons. The molecule has 1 aliphatic rings. The molecule has 0 spiro atoms. The molecule has 1 saturated heterocycles. The number of nitro benzene ring substituents is 1. The van der Waals surface area contributed by atoms with Gasteiger partial charge in [0.2, 0.25) is 15.8 Å². The summed E-state index contributed by atoms with van der Waals surface area (Å²) in [4.78, 5) is 34.1. The van der Waals surface area contributed by atoms with Crippen LogP contribution in [0.25, 0.3) is 0 Å². The number of halogens is 1. The molecule has 1 heterocycles. The van der Waals surface area contributed by atoms with Crippen molar-refractivity contribution in [2.75, 3.05) is 32.1 Å². The molecule has 13 heteroatoms. The standard InChI is InChI=1S/C20H20FN3O8S/c1-31-17-7-4-13(10-18(17)33(29,30)23-8-2-3-9-23)20(26)32-12-19(25)22-14-5-6-15(21)16(11-14)24(27)28/h4-7,10-11H,2-3,8-9,12H2,1H3,(H,22,25). The predicted octanol–water partition coefficient (Wildman–Crippen LogP) is 2.32. The number of hydrogen-bond acceptors (Lipinski definition) is 8. The molecule has 1 fully saturated rings. The maximum Gasteiger partial charge on any atom is 0.338 e. The van der Waals surface area contributed by atoms with Crippen molar-refractivity contribution in [1.82, 2.24) is 4.31 Å². The molecule has 0 bridgehead atoms. The molecule has 0 unspecified atom stereocenters. The molecule has 3 rings (SSSR count). The number of nitrogens with zero attached hydrogens (tertiary/aromatic N) is 2. The third-order valence-electron chi connectivity index (χ3n) is 4.84. The van der Waals surface area contributed by atoms with Gasteiger partial charge in [0.1, 0.15) is 10.6 Å². The van der Waals surface area contributed by atoms with Gasteiger partial charge in [0.05, 0.1) is 17.6 Å². The van der Waals surface area contributed by atoms with Crippen LogP contribution in [0.1, 0.15) is 23.2 Å². The van der Waals surface area contributed by atoms with Gasteiger partial charge in [-0.2, -0.15) is 8.70 Å². The third kappa shape index (κ3) is 5.43. The van der Waals surface area contributed by atoms with E-state index in [1.54, 1.807) is 0 Å². The number of anilines is 1. The van der Waals surface area contributed by atoms with Crippen molar-refractivity contribution in [2.45, 2.75) is 17.7 Å². The van der Waals surface area contributed by atoms with Gasteiger partial charge in [-0.1, -0.05) is 0 Å². The van der Waals surface area contributed by atoms with Crippen LogP contribution in [-0.2, 0) is 19.6 Å². The first-order valence-electron chi connectivity index (χ1n) is 9.72. The second kappa shape index (κ2) is 9.92. The van der Waals surface area contributed by atoms with Crippen molar-refractivity contribution in [3.63, 3.8) is 0 Å². The lowest BCUT2D eigenvalue weighted by molar-refractivity contribution is -0.387. The summed E-state index contributed by atoms with van der Waals surface area (Å²) < 4.78 is 50.6. The molecule has 11 nitrogen and oxygen atoms in total. The molecule has 1 amide bonds. The Labute approximate surface area is 188 Å². The molecular formula is C20H20FN3O8S. The van der Waals surface area contributed by atoms with Gasteiger partial charge < -0.3 is 14.8 Å². The van der Waals surface area contributed by atoms with Crippen LogP contribution in [0, 0.1) is 15.9 Å². The summed E-state index contributed by atoms with van der Waals surface area (Å²) in [7, 11) is -2.58. The Morgan fingerprint density at radius 2 is 1.88 bits per heavy atom. The first-order valence-corrected chi connectivity index (χ1v) is 11.2. The number of methoxy groups -OCH3 is 1. The van der Waals surface area contributed by atoms with Crippen LogP contribution in [0.3, 0.4) is 0 Å². The number of nitrogens with one attached hydrogen (secondary N) is 1. The van der Waals surface area contributed by atoms with Crippen LogP contribution < -0.4 is 10.1 Å². The van der Waals surface area contributed by atoms with Gasteiger partial charge in [0, 0.05) is 24.8 Å². The van der Waals surface area contributed by atoms with E-state index in [-0.39, 0.29) is 21.9 Å². The third-order valence-corrected chi connectivity index (χ3v) is 6.76. The highest BCUT2D eigenvalue weighted by molar-refractivity contribution is 7.89. The second-order valence-electron chi connectivity index (χ2n) is 7.02. The average Bonchev–Trinajstić information content (AvgIpc) is 3.34. The summed E-state index contributed by atoms with van der Waals surface area (Å²) >= 11 is 0. The molecule has 2 aromatic rings. The van der Waals surface area contributed by atoms with Crippen molar-refractivity contribution in [3.8, 4) is 5.75 Å². The smallest absolute Gasteiger partial charge is 0.338 e. The van der Waals surface area contributed by atoms with Crippen LogP contribution in [0.2, 0.25) is 0 Å². The fraction of sp³-hybridized carbons (Fsp3) is 0.300. The molecule has 176 valence electrons. The van der Waals surface area contributed by atoms with E-state index in [4.69, 9.17) is 9.47 Å². The minimum absolute atomic E-state index is 0.0624. The molecule has 0 atom stereocenters. The summed E-state index contributed by atoms with van der Waals surface area (Å²) in [6.45, 7) is -0.0337. The van der Waals surface area contributed by atoms with Crippen LogP contribution >= 0.6 is 0 Å². The largest absolute Gasteiger partial charge is 0.495 e. The van der Waals surface area contributed by atoms with E-state index in [1.165, 1.54) is 23.5 Å². The molecule has 0 aliphatic carbocycles. The number of ether oxygens (including phenoxy) is 2. The van der Waals surface area contributed by atoms with E-state index >= 15 is 0 Å². The zero-order valence-electron chi connectivity index (χ0n) is 17.4. The summed E-state index contributed by atoms with van der Waals surface area (Å²) in [6, 6.07) is 6.49. The quantitative estimate of drug-likeness (QED) is 0.343. The minimum Gasteiger partial charge on any atom is -0.495 e. The highest BCUT2D eigenvalue weighted by Crippen LogP contribution is 2.30. The monoisotopic (exact) mass is 481 g/mol. The predicted molar refractivity (Wildman–Crippen MR) is 113 cm³/mol. The number of carbonyl (C=O) groups excluding carboxylic acids is 2. The Morgan fingerprint density at radius 1 is 1.18 bits per heavy atom. The normalized spacial score (nSPS) is 14.0. The summed E-state index contributed by atoms with van der Waals surface area (Å²) in [5.41, 5.74) is -0.999. The van der Waals surface area contributed by atoms with E-state index in [1.807, 2.05) is 0 Å². The Morgan fingerprint density at radius 3 is 2.52 bits per heavy atom. The highest BCUT2D eigenvalue weighted by Gasteiger charge is 2.31. The van der Waals surface area contributed by atoms with E-state index in [0.717, 1.165) is 37.1 Å². The molecule has 2 aromatic carbocycles. The Kier molecular flexibility index (Phi) is 7.23. The lowest BCUT2D eigenvalue weighted by Crippen LogP contribution is -2.28. The zero-order chi connectivity index (χ0) is 24.2. The molecule has 1 aliphatic heterocycles. The van der Waals surface area contributed by atoms with Gasteiger partial charge in [-0.25, -0.2) is 13.2 Å². The Bertz CT molecular complexity index is 1200. The zero-order valence-corrected chi connectivity index (χ0v) is 18.3. The fourth-order valence-corrected chi connectivity index (χ4v) is 4.91. The number of amides is 1. The molecule has 33 heavy (non-hydrogen) atoms. The van der Waals surface area contributed by atoms with E-state index in [2.05, 4.69) is 5.32 Å². The van der Waals surface area contributed by atoms with Gasteiger partial charge >= 0.3 is 11.7 Å². The highest BCUT2D eigenvalue weighted by atomic mass is 32.2. The topological polar surface area (TPSA) is 145 Å². The number of nitro groups is 1. The van der Waals surface area contributed by atoms with E-state index in [0.29, 0.717) is 13.1 Å². The van der Waals surface area contributed by atoms with Gasteiger partial charge in [-0.15, -0.1) is 0 Å². The van der Waals surface area contributed by atoms with Crippen molar-refractivity contribution >= 4 is 33.3 Å². The lowest BCUT2D eigenvalue weighted by Gasteiger charge is -2.18. The van der Waals surface area contributed by atoms with E-state index in [9.17, 15) is 32.5 Å². The maximum absolute atomic E-state index is 13.4. The van der Waals surface area contributed by atoms with Gasteiger partial charge in [0.25, 0.3) is 5.91 Å². The molecule has 0 aromatic heterocycles. The van der Waals surface area contributed by atoms with Crippen molar-refractivity contribution in [2.24, 2.45) is 0 Å². The first-order chi connectivity index (χ1) is 15.6. The number of benzene rings is 2. The number of hydrogen-bond donors (Lipinski definition) is 1. The fourth-order valence-electron chi connectivity index (χ4n) is 3.21. The Balaban J connectivity index is 1.70. The van der Waals surface area contributed by atoms with Crippen molar-refractivity contribution in [3.05, 3.63) is 57.9 Å². The number of rotatable bonds is 8. The molecule has 0 saturated carbocycles. The average molecular weight is 481 g/mol. The van der Waals surface area contributed by atoms with Crippen LogP contribution in [0.5, 0.6) is 5.75 Å². The number of esters is 1. The van der Waals surface area contributed by atoms with Gasteiger partial charge in [-0.05, 0) is 43.2 Å². The SMILES string of the molecule is COc1ccc(C(=O)OCC(=O)Nc2ccc(F)c([N+](=O)[O-])c2)cc1S(=O)(=O)N1CCCC1. The Hall–Kier alpha value is -3.58. The van der Waals surface area contributed by atoms with Crippen LogP contribution in [0.4, 0.5) is 15.8 Å². The maximum atomic E-state index is 13.4. The summed E-state index contributed by atoms with van der Waals surface area (Å²) in [5.74, 6) is -2.80. The van der Waals surface area contributed by atoms with Crippen LogP contribution in [0.15, 0.2) is 41.3 Å². The molecule has 1 N–H and O–H groups in total. The summed E-state index contributed by atoms with van der Waals surface area (Å²) in [6.07, 6.45) is 1.46.